The molecule has 0 radical (unpaired) electrons. The number of aromatic nitrogens is 8. The van der Waals surface area contributed by atoms with E-state index in [1.165, 1.54) is 11.9 Å². The maximum atomic E-state index is 12.0. The Hall–Kier alpha value is -3.16. The Morgan fingerprint density at radius 1 is 0.662 bits per heavy atom. The molecule has 13 atom stereocenters. The predicted octanol–water partition coefficient (Wildman–Crippen LogP) is -5.09. The molecule has 6 rings (SSSR count). The lowest BCUT2D eigenvalue weighted by Crippen LogP contribution is -2.33. The van der Waals surface area contributed by atoms with E-state index in [1.54, 1.807) is 5.09 Å². The number of phosphoric ester groups is 2. The molecule has 388 valence electrons. The highest BCUT2D eigenvalue weighted by Gasteiger charge is 2.48. The monoisotopic (exact) mass is 1100 g/mol. The maximum Gasteiger partial charge on any atom is 0.480 e. The molecule has 68 heavy (non-hydrogen) atoms. The van der Waals surface area contributed by atoms with Gasteiger partial charge in [0.2, 0.25) is 11.9 Å². The minimum Gasteiger partial charge on any atom is -0.387 e. The minimum absolute atomic E-state index is 0. The van der Waals surface area contributed by atoms with Crippen LogP contribution in [-0.2, 0) is 54.5 Å². The van der Waals surface area contributed by atoms with Gasteiger partial charge in [0.1, 0.15) is 36.6 Å². The number of phosphoric acid groups is 2. The molecule has 2 aliphatic heterocycles. The second kappa shape index (κ2) is 22.5. The molecule has 0 aromatic carbocycles. The number of nitrogens with two attached hydrogens (primary N) is 3. The zero-order valence-corrected chi connectivity index (χ0v) is 38.8. The highest BCUT2D eigenvalue weighted by molar-refractivity contribution is 7.72. The molecule has 0 bridgehead atoms. The number of ether oxygens (including phenoxy) is 2. The van der Waals surface area contributed by atoms with E-state index in [0.717, 1.165) is 33.7 Å². The number of hydrogen-bond acceptors (Lipinski definition) is 25. The van der Waals surface area contributed by atoms with Crippen LogP contribution in [0.1, 0.15) is 19.9 Å². The summed E-state index contributed by atoms with van der Waals surface area (Å²) in [5.74, 6) is -0.527. The summed E-state index contributed by atoms with van der Waals surface area (Å²) in [4.78, 5) is 110. The molecule has 4 aromatic rings. The van der Waals surface area contributed by atoms with Crippen molar-refractivity contribution in [1.29, 1.82) is 0 Å². The van der Waals surface area contributed by atoms with Gasteiger partial charge in [0.15, 0.2) is 34.8 Å². The molecular formula is C23H46N14O25P6. The van der Waals surface area contributed by atoms with Crippen LogP contribution in [0.5, 0.6) is 0 Å². The minimum atomic E-state index is -5.48. The lowest BCUT2D eigenvalue weighted by Gasteiger charge is -2.20. The van der Waals surface area contributed by atoms with Crippen LogP contribution in [0, 0.1) is 0 Å². The highest BCUT2D eigenvalue weighted by Crippen LogP contribution is 2.62. The quantitative estimate of drug-likeness (QED) is 0.0440. The number of aliphatic hydroxyl groups excluding tert-OH is 4. The van der Waals surface area contributed by atoms with Gasteiger partial charge >= 0.3 is 46.6 Å². The summed E-state index contributed by atoms with van der Waals surface area (Å²) in [6, 6.07) is 0. The van der Waals surface area contributed by atoms with Crippen molar-refractivity contribution in [2.45, 2.75) is 56.5 Å². The van der Waals surface area contributed by atoms with E-state index in [2.05, 4.69) is 53.3 Å². The Morgan fingerprint density at radius 3 is 1.35 bits per heavy atom. The number of H-pyrrole nitrogens is 2. The lowest BCUT2D eigenvalue weighted by molar-refractivity contribution is -0.0502. The Morgan fingerprint density at radius 2 is 1.01 bits per heavy atom. The first-order valence-electron chi connectivity index (χ1n) is 17.5. The van der Waals surface area contributed by atoms with Gasteiger partial charge in [-0.05, 0) is 14.1 Å². The van der Waals surface area contributed by atoms with E-state index >= 15 is 0 Å². The molecular weight excluding hydrogens is 1060 g/mol. The summed E-state index contributed by atoms with van der Waals surface area (Å²) in [5.41, 5.74) is 13.6. The Bertz CT molecular complexity index is 2820. The third kappa shape index (κ3) is 15.2. The lowest BCUT2D eigenvalue weighted by atomic mass is 10.1. The molecule has 2 fully saturated rings. The van der Waals surface area contributed by atoms with E-state index in [0.29, 0.717) is 0 Å². The van der Waals surface area contributed by atoms with Crippen LogP contribution < -0.4 is 43.1 Å². The topological polar surface area (TPSA) is 622 Å². The number of nitrogens with one attached hydrogen (secondary N) is 5. The van der Waals surface area contributed by atoms with Crippen molar-refractivity contribution in [2.75, 3.05) is 38.8 Å². The molecule has 6 heterocycles. The second-order valence-corrected chi connectivity index (χ2v) is 23.0. The number of aromatic amines is 2. The van der Waals surface area contributed by atoms with Gasteiger partial charge in [-0.25, -0.2) is 37.9 Å². The highest BCUT2D eigenvalue weighted by atomic mass is 31.3. The number of anilines is 2. The van der Waals surface area contributed by atoms with Crippen molar-refractivity contribution in [2.24, 2.45) is 5.73 Å². The fourth-order valence-corrected chi connectivity index (χ4v) is 12.9. The summed E-state index contributed by atoms with van der Waals surface area (Å²) in [6.45, 7) is -1.92. The van der Waals surface area contributed by atoms with Crippen LogP contribution in [0.2, 0.25) is 0 Å². The number of aliphatic hydroxyl groups is 4. The van der Waals surface area contributed by atoms with Crippen LogP contribution in [0.25, 0.3) is 22.3 Å². The number of imidazole rings is 2. The van der Waals surface area contributed by atoms with Crippen molar-refractivity contribution in [1.82, 2.24) is 53.8 Å². The number of hydrogen-bond donors (Lipinski definition) is 19. The van der Waals surface area contributed by atoms with E-state index in [-0.39, 0.29) is 41.7 Å². The maximum absolute atomic E-state index is 12.0. The first kappa shape index (κ1) is 59.2. The summed E-state index contributed by atoms with van der Waals surface area (Å²) in [7, 11) is -29.0. The normalized spacial score (nSPS) is 27.3. The Balaban J connectivity index is 0.000000343. The van der Waals surface area contributed by atoms with Gasteiger partial charge in [-0.2, -0.15) is 18.6 Å². The first-order valence-corrected chi connectivity index (χ1v) is 26.9. The Kier molecular flexibility index (Phi) is 19.6. The summed E-state index contributed by atoms with van der Waals surface area (Å²) >= 11 is 0. The molecule has 0 spiro atoms. The second-order valence-electron chi connectivity index (χ2n) is 12.9. The van der Waals surface area contributed by atoms with Crippen molar-refractivity contribution in [3.05, 3.63) is 33.4 Å². The van der Waals surface area contributed by atoms with Crippen molar-refractivity contribution >= 4 is 80.8 Å². The van der Waals surface area contributed by atoms with Gasteiger partial charge in [-0.15, -0.1) is 9.72 Å². The smallest absolute Gasteiger partial charge is 0.387 e. The van der Waals surface area contributed by atoms with Gasteiger partial charge in [0.05, 0.1) is 25.9 Å². The van der Waals surface area contributed by atoms with Gasteiger partial charge in [0, 0.05) is 0 Å². The van der Waals surface area contributed by atoms with Crippen LogP contribution in [-0.4, -0.2) is 158 Å². The van der Waals surface area contributed by atoms with Crippen LogP contribution in [0.3, 0.4) is 0 Å². The van der Waals surface area contributed by atoms with Crippen molar-refractivity contribution < 1.29 is 109 Å². The fraction of sp³-hybridized carbons (Fsp3) is 0.565. The number of nitrogen functional groups attached to an aromatic ring is 2. The molecule has 0 amide bonds. The third-order valence-corrected chi connectivity index (χ3v) is 17.3. The van der Waals surface area contributed by atoms with E-state index in [9.17, 15) is 81.9 Å². The predicted molar refractivity (Wildman–Crippen MR) is 224 cm³/mol. The van der Waals surface area contributed by atoms with Gasteiger partial charge in [-0.3, -0.25) is 42.3 Å². The molecule has 45 heteroatoms. The SMILES string of the molecule is C.CN.CNP(=O)(O)NP(=O)(O)OP(=O)(O)OCC1OC(n2cnc3c(=O)[nH]c(N)nc32)C(O)C1O.Nc1nc2c(ncn2C2OC(COP(=O)(O)OP(=O)(O)NP(=O)(O)O)C(O)C2O)c(=O)[nH]1. The van der Waals surface area contributed by atoms with Crippen molar-refractivity contribution in [3.8, 4) is 0 Å². The summed E-state index contributed by atoms with van der Waals surface area (Å²) in [6.07, 6.45) is -10.4. The number of rotatable bonds is 17. The van der Waals surface area contributed by atoms with Crippen LogP contribution >= 0.6 is 46.6 Å². The molecule has 2 aliphatic rings. The molecule has 0 aliphatic carbocycles. The average molecular weight is 1100 g/mol. The summed E-state index contributed by atoms with van der Waals surface area (Å²) < 4.78 is 98.9. The molecule has 13 unspecified atom stereocenters. The Labute approximate surface area is 377 Å². The average Bonchev–Trinajstić information content (AvgIpc) is 3.93. The van der Waals surface area contributed by atoms with Crippen molar-refractivity contribution in [3.63, 3.8) is 0 Å². The molecule has 39 nitrogen and oxygen atoms in total. The van der Waals surface area contributed by atoms with E-state index in [4.69, 9.17) is 30.7 Å². The standard InChI is InChI=1S/C11H20N7O12P3.C10H17N6O13P3.CH5N.CH4/c1-13-31(22,23)17-32(24,25)30-33(26,27)28-2-4-6(19)7(20)10(29-4)18-3-14-5-8(18)15-11(12)16-9(5)21;11-10-13-7-4(8(19)14-10)12-2-16(7)9-6(18)5(17)3(28-9)1-27-32(25,26)29-31(23,24)15-30(20,21)22;1-2;/h3-4,6-7,10,19-20H,2H2,1H3,(H,26,27)(H3,12,15,16,21)(H4,13,17,22,23,24,25);2-3,5-6,9,17-18H,1H2,(H,25,26)(H3,11,13,14,19)(H4,15,20,21,22,23,24);2H2,1H3;1H4. The fourth-order valence-electron chi connectivity index (χ4n) is 5.54. The van der Waals surface area contributed by atoms with Crippen LogP contribution in [0.15, 0.2) is 22.2 Å². The van der Waals surface area contributed by atoms with Crippen LogP contribution in [0.4, 0.5) is 11.9 Å². The largest absolute Gasteiger partial charge is 0.480 e. The van der Waals surface area contributed by atoms with Gasteiger partial charge in [-0.1, -0.05) is 7.43 Å². The molecule has 0 saturated carbocycles. The third-order valence-electron chi connectivity index (χ3n) is 8.18. The molecule has 2 saturated heterocycles. The van der Waals surface area contributed by atoms with Gasteiger partial charge in [0.25, 0.3) is 11.1 Å². The summed E-state index contributed by atoms with van der Waals surface area (Å²) in [5, 5.41) is 42.7. The zero-order valence-electron chi connectivity index (χ0n) is 33.4. The first-order chi connectivity index (χ1) is 30.7. The zero-order chi connectivity index (χ0) is 50.8. The van der Waals surface area contributed by atoms with E-state index in [1.807, 2.05) is 0 Å². The molecule has 22 N–H and O–H groups in total. The van der Waals surface area contributed by atoms with E-state index < -0.39 is 120 Å². The number of fused-ring (bicyclic) bond motifs is 2. The van der Waals surface area contributed by atoms with Gasteiger partial charge < -0.3 is 81.4 Å². The number of nitrogens with zero attached hydrogens (tertiary/aromatic N) is 6. The molecule has 4 aromatic heterocycles.